The van der Waals surface area contributed by atoms with Crippen molar-refractivity contribution in [1.82, 2.24) is 0 Å². The van der Waals surface area contributed by atoms with Crippen LogP contribution in [0.25, 0.3) is 11.6 Å². The second-order valence-corrected chi connectivity index (χ2v) is 5.75. The number of ether oxygens (including phenoxy) is 2. The van der Waals surface area contributed by atoms with Crippen LogP contribution in [-0.2, 0) is 10.5 Å². The molecule has 1 atom stereocenters. The third kappa shape index (κ3) is 2.32. The fraction of sp³-hybridized carbons (Fsp3) is 0.0909. The summed E-state index contributed by atoms with van der Waals surface area (Å²) in [4.78, 5) is 0. The first-order chi connectivity index (χ1) is 11.8. The number of rotatable bonds is 3. The van der Waals surface area contributed by atoms with Gasteiger partial charge in [0.2, 0.25) is 0 Å². The van der Waals surface area contributed by atoms with Gasteiger partial charge in [0.25, 0.3) is 5.79 Å². The van der Waals surface area contributed by atoms with Crippen LogP contribution in [0.1, 0.15) is 16.7 Å². The van der Waals surface area contributed by atoms with E-state index in [1.54, 1.807) is 7.11 Å². The molecule has 1 aliphatic rings. The van der Waals surface area contributed by atoms with E-state index in [-0.39, 0.29) is 0 Å². The lowest BCUT2D eigenvalue weighted by Gasteiger charge is -2.39. The molecule has 0 aromatic heterocycles. The van der Waals surface area contributed by atoms with Gasteiger partial charge in [-0.2, -0.15) is 0 Å². The van der Waals surface area contributed by atoms with Gasteiger partial charge in [0.1, 0.15) is 5.75 Å². The Morgan fingerprint density at radius 1 is 0.750 bits per heavy atom. The number of methoxy groups -OCH3 is 1. The zero-order chi connectivity index (χ0) is 16.4. The van der Waals surface area contributed by atoms with Crippen molar-refractivity contribution in [3.8, 4) is 5.75 Å². The Morgan fingerprint density at radius 2 is 1.38 bits per heavy atom. The van der Waals surface area contributed by atoms with Crippen LogP contribution in [0, 0.1) is 0 Å². The molecule has 2 heteroatoms. The number of benzene rings is 3. The van der Waals surface area contributed by atoms with Crippen LogP contribution in [0.2, 0.25) is 0 Å². The van der Waals surface area contributed by atoms with E-state index in [0.717, 1.165) is 28.0 Å². The van der Waals surface area contributed by atoms with Crippen molar-refractivity contribution in [3.05, 3.63) is 102 Å². The van der Waals surface area contributed by atoms with Crippen molar-refractivity contribution in [2.45, 2.75) is 5.79 Å². The highest BCUT2D eigenvalue weighted by Gasteiger charge is 2.42. The van der Waals surface area contributed by atoms with Gasteiger partial charge >= 0.3 is 0 Å². The molecule has 1 heterocycles. The Hall–Kier alpha value is -2.84. The SMILES string of the molecule is COC1(c2ccccc2)Oc2ccccc2C=C1c1ccccc1. The standard InChI is InChI=1S/C22H18O2/c1-23-22(19-13-6-3-7-14-19)20(17-10-4-2-5-11-17)16-18-12-8-9-15-21(18)24-22/h2-16H,1H3. The zero-order valence-corrected chi connectivity index (χ0v) is 13.5. The van der Waals surface area contributed by atoms with Crippen molar-refractivity contribution in [2.24, 2.45) is 0 Å². The molecule has 3 aromatic carbocycles. The molecule has 0 N–H and O–H groups in total. The van der Waals surface area contributed by atoms with E-state index in [9.17, 15) is 0 Å². The summed E-state index contributed by atoms with van der Waals surface area (Å²) in [5.74, 6) is -0.139. The number of para-hydroxylation sites is 1. The van der Waals surface area contributed by atoms with E-state index < -0.39 is 5.79 Å². The summed E-state index contributed by atoms with van der Waals surface area (Å²) in [6, 6.07) is 28.3. The maximum Gasteiger partial charge on any atom is 0.264 e. The Bertz CT molecular complexity index is 869. The lowest BCUT2D eigenvalue weighted by Crippen LogP contribution is -2.38. The average molecular weight is 314 g/mol. The lowest BCUT2D eigenvalue weighted by atomic mass is 9.87. The van der Waals surface area contributed by atoms with Gasteiger partial charge in [0, 0.05) is 23.8 Å². The minimum absolute atomic E-state index is 0.822. The van der Waals surface area contributed by atoms with E-state index in [1.807, 2.05) is 66.7 Å². The maximum atomic E-state index is 6.43. The second kappa shape index (κ2) is 5.99. The number of fused-ring (bicyclic) bond motifs is 1. The number of hydrogen-bond donors (Lipinski definition) is 0. The van der Waals surface area contributed by atoms with E-state index >= 15 is 0 Å². The lowest BCUT2D eigenvalue weighted by molar-refractivity contribution is -0.123. The van der Waals surface area contributed by atoms with E-state index in [4.69, 9.17) is 9.47 Å². The summed E-state index contributed by atoms with van der Waals surface area (Å²) < 4.78 is 12.4. The first-order valence-corrected chi connectivity index (χ1v) is 8.00. The van der Waals surface area contributed by atoms with Gasteiger partial charge in [-0.25, -0.2) is 0 Å². The molecule has 0 saturated carbocycles. The summed E-state index contributed by atoms with van der Waals surface area (Å²) in [5, 5.41) is 0. The summed E-state index contributed by atoms with van der Waals surface area (Å²) in [5.41, 5.74) is 4.10. The van der Waals surface area contributed by atoms with Gasteiger partial charge in [0.15, 0.2) is 0 Å². The topological polar surface area (TPSA) is 18.5 Å². The molecule has 0 amide bonds. The fourth-order valence-electron chi connectivity index (χ4n) is 3.19. The van der Waals surface area contributed by atoms with Crippen molar-refractivity contribution >= 4 is 11.6 Å². The Balaban J connectivity index is 1.98. The monoisotopic (exact) mass is 314 g/mol. The molecule has 0 aliphatic carbocycles. The van der Waals surface area contributed by atoms with Crippen molar-refractivity contribution < 1.29 is 9.47 Å². The van der Waals surface area contributed by atoms with Crippen molar-refractivity contribution in [2.75, 3.05) is 7.11 Å². The predicted octanol–water partition coefficient (Wildman–Crippen LogP) is 5.12. The van der Waals surface area contributed by atoms with Crippen LogP contribution >= 0.6 is 0 Å². The van der Waals surface area contributed by atoms with Gasteiger partial charge in [-0.15, -0.1) is 0 Å². The fourth-order valence-corrected chi connectivity index (χ4v) is 3.19. The molecule has 3 aromatic rings. The molecular weight excluding hydrogens is 296 g/mol. The van der Waals surface area contributed by atoms with Crippen molar-refractivity contribution in [3.63, 3.8) is 0 Å². The van der Waals surface area contributed by atoms with Gasteiger partial charge in [-0.1, -0.05) is 78.9 Å². The van der Waals surface area contributed by atoms with Gasteiger partial charge < -0.3 is 9.47 Å². The summed E-state index contributed by atoms with van der Waals surface area (Å²) in [6.07, 6.45) is 2.16. The summed E-state index contributed by atoms with van der Waals surface area (Å²) in [6.45, 7) is 0. The highest BCUT2D eigenvalue weighted by Crippen LogP contribution is 2.46. The van der Waals surface area contributed by atoms with Crippen LogP contribution in [-0.4, -0.2) is 7.11 Å². The van der Waals surface area contributed by atoms with Gasteiger partial charge in [-0.05, 0) is 17.7 Å². The van der Waals surface area contributed by atoms with Crippen LogP contribution in [0.3, 0.4) is 0 Å². The third-order valence-electron chi connectivity index (χ3n) is 4.35. The molecule has 118 valence electrons. The molecule has 1 unspecified atom stereocenters. The van der Waals surface area contributed by atoms with E-state index in [0.29, 0.717) is 0 Å². The van der Waals surface area contributed by atoms with Crippen LogP contribution in [0.4, 0.5) is 0 Å². The molecule has 0 spiro atoms. The largest absolute Gasteiger partial charge is 0.453 e. The third-order valence-corrected chi connectivity index (χ3v) is 4.35. The first-order valence-electron chi connectivity index (χ1n) is 8.00. The smallest absolute Gasteiger partial charge is 0.264 e. The maximum absolute atomic E-state index is 6.43. The van der Waals surface area contributed by atoms with Crippen LogP contribution in [0.15, 0.2) is 84.9 Å². The van der Waals surface area contributed by atoms with Gasteiger partial charge in [-0.3, -0.25) is 0 Å². The first kappa shape index (κ1) is 14.7. The van der Waals surface area contributed by atoms with E-state index in [2.05, 4.69) is 24.3 Å². The molecular formula is C22H18O2. The predicted molar refractivity (Wildman–Crippen MR) is 96.5 cm³/mol. The Kier molecular flexibility index (Phi) is 3.68. The second-order valence-electron chi connectivity index (χ2n) is 5.75. The summed E-state index contributed by atoms with van der Waals surface area (Å²) in [7, 11) is 1.69. The average Bonchev–Trinajstić information content (AvgIpc) is 2.68. The normalized spacial score (nSPS) is 19.1. The summed E-state index contributed by atoms with van der Waals surface area (Å²) >= 11 is 0. The number of hydrogen-bond acceptors (Lipinski definition) is 2. The van der Waals surface area contributed by atoms with Crippen molar-refractivity contribution in [1.29, 1.82) is 0 Å². The molecule has 0 fully saturated rings. The minimum Gasteiger partial charge on any atom is -0.453 e. The molecule has 2 nitrogen and oxygen atoms in total. The van der Waals surface area contributed by atoms with Crippen LogP contribution < -0.4 is 4.74 Å². The highest BCUT2D eigenvalue weighted by atomic mass is 16.7. The molecule has 0 radical (unpaired) electrons. The molecule has 0 bridgehead atoms. The van der Waals surface area contributed by atoms with Gasteiger partial charge in [0.05, 0.1) is 0 Å². The molecule has 0 saturated heterocycles. The highest BCUT2D eigenvalue weighted by molar-refractivity contribution is 5.89. The molecule has 4 rings (SSSR count). The molecule has 1 aliphatic heterocycles. The molecule has 24 heavy (non-hydrogen) atoms. The zero-order valence-electron chi connectivity index (χ0n) is 13.5. The Morgan fingerprint density at radius 3 is 2.08 bits per heavy atom. The quantitative estimate of drug-likeness (QED) is 0.668. The minimum atomic E-state index is -0.961. The Labute approximate surface area is 142 Å². The van der Waals surface area contributed by atoms with Crippen LogP contribution in [0.5, 0.6) is 5.75 Å². The van der Waals surface area contributed by atoms with E-state index in [1.165, 1.54) is 0 Å².